The predicted octanol–water partition coefficient (Wildman–Crippen LogP) is 4.96. The minimum absolute atomic E-state index is 0.261. The lowest BCUT2D eigenvalue weighted by atomic mass is 10.1. The minimum Gasteiger partial charge on any atom is -0.444 e. The fourth-order valence-electron chi connectivity index (χ4n) is 3.17. The van der Waals surface area contributed by atoms with Crippen LogP contribution in [0.4, 0.5) is 5.69 Å². The molecule has 5 nitrogen and oxygen atoms in total. The normalized spacial score (nSPS) is 11.0. The van der Waals surface area contributed by atoms with Crippen LogP contribution in [0.15, 0.2) is 74.5 Å². The van der Waals surface area contributed by atoms with Gasteiger partial charge in [-0.25, -0.2) is 9.78 Å². The molecule has 0 aliphatic carbocycles. The van der Waals surface area contributed by atoms with Gasteiger partial charge in [-0.05, 0) is 32.0 Å². The van der Waals surface area contributed by atoms with Crippen LogP contribution < -0.4 is 10.5 Å². The maximum Gasteiger partial charge on any atom is 0.349 e. The molecular formula is C22H20N2O3. The van der Waals surface area contributed by atoms with Crippen LogP contribution in [0.5, 0.6) is 0 Å². The minimum atomic E-state index is -0.458. The van der Waals surface area contributed by atoms with Crippen molar-refractivity contribution < 1.29 is 8.83 Å². The molecule has 0 spiro atoms. The summed E-state index contributed by atoms with van der Waals surface area (Å²) in [5.74, 6) is 0.261. The Balaban J connectivity index is 1.75. The molecular weight excluding hydrogens is 340 g/mol. The van der Waals surface area contributed by atoms with Crippen molar-refractivity contribution in [2.75, 3.05) is 18.0 Å². The van der Waals surface area contributed by atoms with E-state index in [4.69, 9.17) is 8.83 Å². The summed E-state index contributed by atoms with van der Waals surface area (Å²) in [6, 6.07) is 17.4. The third-order valence-electron chi connectivity index (χ3n) is 4.65. The summed E-state index contributed by atoms with van der Waals surface area (Å²) in [6.07, 6.45) is 1.55. The predicted molar refractivity (Wildman–Crippen MR) is 107 cm³/mol. The second kappa shape index (κ2) is 7.11. The number of aromatic nitrogens is 1. The highest BCUT2D eigenvalue weighted by molar-refractivity contribution is 5.83. The summed E-state index contributed by atoms with van der Waals surface area (Å²) < 4.78 is 11.1. The number of hydrogen-bond acceptors (Lipinski definition) is 5. The Hall–Kier alpha value is -3.34. The molecule has 0 N–H and O–H groups in total. The van der Waals surface area contributed by atoms with Crippen LogP contribution in [-0.2, 0) is 0 Å². The van der Waals surface area contributed by atoms with Gasteiger partial charge in [-0.1, -0.05) is 30.3 Å². The number of anilines is 1. The van der Waals surface area contributed by atoms with E-state index in [0.717, 1.165) is 29.7 Å². The monoisotopic (exact) mass is 360 g/mol. The van der Waals surface area contributed by atoms with Crippen LogP contribution >= 0.6 is 0 Å². The average Bonchev–Trinajstić information content (AvgIpc) is 3.19. The van der Waals surface area contributed by atoms with Gasteiger partial charge in [-0.3, -0.25) is 0 Å². The molecule has 0 unspecified atom stereocenters. The number of benzene rings is 2. The molecule has 27 heavy (non-hydrogen) atoms. The topological polar surface area (TPSA) is 59.5 Å². The lowest BCUT2D eigenvalue weighted by Crippen LogP contribution is -2.21. The van der Waals surface area contributed by atoms with Crippen LogP contribution in [0.3, 0.4) is 0 Å². The summed E-state index contributed by atoms with van der Waals surface area (Å²) in [5, 5.41) is 0.833. The van der Waals surface area contributed by atoms with E-state index in [2.05, 4.69) is 23.7 Å². The molecule has 0 aliphatic heterocycles. The van der Waals surface area contributed by atoms with Crippen molar-refractivity contribution in [1.29, 1.82) is 0 Å². The highest BCUT2D eigenvalue weighted by atomic mass is 16.4. The molecule has 0 fully saturated rings. The molecule has 0 aliphatic rings. The fourth-order valence-corrected chi connectivity index (χ4v) is 3.17. The summed E-state index contributed by atoms with van der Waals surface area (Å²) in [4.78, 5) is 19.2. The van der Waals surface area contributed by atoms with Gasteiger partial charge < -0.3 is 13.7 Å². The highest BCUT2D eigenvalue weighted by Gasteiger charge is 2.15. The fraction of sp³-hybridized carbons (Fsp3) is 0.182. The van der Waals surface area contributed by atoms with E-state index in [1.165, 1.54) is 0 Å². The molecule has 4 rings (SSSR count). The van der Waals surface area contributed by atoms with E-state index in [9.17, 15) is 4.79 Å². The second-order valence-corrected chi connectivity index (χ2v) is 6.25. The number of rotatable bonds is 5. The first-order valence-corrected chi connectivity index (χ1v) is 9.03. The molecule has 136 valence electrons. The van der Waals surface area contributed by atoms with Gasteiger partial charge in [0.15, 0.2) is 0 Å². The van der Waals surface area contributed by atoms with Gasteiger partial charge in [0.1, 0.15) is 23.1 Å². The van der Waals surface area contributed by atoms with Gasteiger partial charge in [0.05, 0.1) is 0 Å². The molecule has 0 atom stereocenters. The van der Waals surface area contributed by atoms with Crippen molar-refractivity contribution in [3.8, 4) is 22.7 Å². The number of fused-ring (bicyclic) bond motifs is 1. The van der Waals surface area contributed by atoms with E-state index in [1.54, 1.807) is 12.3 Å². The standard InChI is InChI=1S/C22H20N2O3/c1-3-24(4-2)17-11-10-16-12-18(22(25)27-20(16)13-17)21-23-19(14-26-21)15-8-6-5-7-9-15/h5-14H,3-4H2,1-2H3. The number of hydrogen-bond donors (Lipinski definition) is 0. The largest absolute Gasteiger partial charge is 0.444 e. The Bertz CT molecular complexity index is 1130. The molecule has 0 saturated heterocycles. The summed E-state index contributed by atoms with van der Waals surface area (Å²) in [6.45, 7) is 5.98. The van der Waals surface area contributed by atoms with Crippen molar-refractivity contribution in [2.24, 2.45) is 0 Å². The van der Waals surface area contributed by atoms with Crippen LogP contribution in [0.1, 0.15) is 13.8 Å². The number of nitrogens with zero attached hydrogens (tertiary/aromatic N) is 2. The molecule has 0 amide bonds. The zero-order valence-electron chi connectivity index (χ0n) is 15.3. The molecule has 2 heterocycles. The number of oxazole rings is 1. The second-order valence-electron chi connectivity index (χ2n) is 6.25. The zero-order valence-corrected chi connectivity index (χ0v) is 15.3. The van der Waals surface area contributed by atoms with Gasteiger partial charge in [0.2, 0.25) is 5.89 Å². The molecule has 2 aromatic carbocycles. The molecule has 0 bridgehead atoms. The first-order chi connectivity index (χ1) is 13.2. The van der Waals surface area contributed by atoms with Gasteiger partial charge in [0.25, 0.3) is 0 Å². The Kier molecular flexibility index (Phi) is 4.50. The average molecular weight is 360 g/mol. The highest BCUT2D eigenvalue weighted by Crippen LogP contribution is 2.27. The zero-order chi connectivity index (χ0) is 18.8. The van der Waals surface area contributed by atoms with E-state index in [0.29, 0.717) is 16.8 Å². The maximum absolute atomic E-state index is 12.5. The van der Waals surface area contributed by atoms with Crippen LogP contribution in [0.2, 0.25) is 0 Å². The molecule has 5 heteroatoms. The molecule has 4 aromatic rings. The van der Waals surface area contributed by atoms with E-state index in [1.807, 2.05) is 48.5 Å². The lowest BCUT2D eigenvalue weighted by molar-refractivity contribution is 0.543. The van der Waals surface area contributed by atoms with Gasteiger partial charge >= 0.3 is 5.63 Å². The van der Waals surface area contributed by atoms with E-state index in [-0.39, 0.29) is 5.89 Å². The van der Waals surface area contributed by atoms with Gasteiger partial charge in [-0.2, -0.15) is 0 Å². The van der Waals surface area contributed by atoms with Crippen LogP contribution in [0, 0.1) is 0 Å². The summed E-state index contributed by atoms with van der Waals surface area (Å²) in [5.41, 5.74) is 3.07. The quantitative estimate of drug-likeness (QED) is 0.471. The van der Waals surface area contributed by atoms with Gasteiger partial charge in [-0.15, -0.1) is 0 Å². The Labute approximate surface area is 156 Å². The first kappa shape index (κ1) is 17.1. The summed E-state index contributed by atoms with van der Waals surface area (Å²) in [7, 11) is 0. The third kappa shape index (κ3) is 3.24. The molecule has 0 radical (unpaired) electrons. The Morgan fingerprint density at radius 1 is 1.00 bits per heavy atom. The maximum atomic E-state index is 12.5. The van der Waals surface area contributed by atoms with Crippen molar-refractivity contribution in [1.82, 2.24) is 4.98 Å². The molecule has 2 aromatic heterocycles. The van der Waals surface area contributed by atoms with Crippen molar-refractivity contribution in [2.45, 2.75) is 13.8 Å². The van der Waals surface area contributed by atoms with E-state index >= 15 is 0 Å². The Morgan fingerprint density at radius 2 is 1.78 bits per heavy atom. The lowest BCUT2D eigenvalue weighted by Gasteiger charge is -2.20. The van der Waals surface area contributed by atoms with Crippen LogP contribution in [-0.4, -0.2) is 18.1 Å². The Morgan fingerprint density at radius 3 is 2.52 bits per heavy atom. The van der Waals surface area contributed by atoms with Crippen LogP contribution in [0.25, 0.3) is 33.7 Å². The van der Waals surface area contributed by atoms with Crippen molar-refractivity contribution in [3.05, 3.63) is 71.3 Å². The SMILES string of the molecule is CCN(CC)c1ccc2cc(-c3nc(-c4ccccc4)co3)c(=O)oc2c1. The van der Waals surface area contributed by atoms with E-state index < -0.39 is 5.63 Å². The third-order valence-corrected chi connectivity index (χ3v) is 4.65. The van der Waals surface area contributed by atoms with Gasteiger partial charge in [0, 0.05) is 35.8 Å². The van der Waals surface area contributed by atoms with Crippen molar-refractivity contribution in [3.63, 3.8) is 0 Å². The summed E-state index contributed by atoms with van der Waals surface area (Å²) >= 11 is 0. The molecule has 0 saturated carbocycles. The first-order valence-electron chi connectivity index (χ1n) is 9.03. The van der Waals surface area contributed by atoms with Crippen molar-refractivity contribution >= 4 is 16.7 Å². The smallest absolute Gasteiger partial charge is 0.349 e.